The third kappa shape index (κ3) is 5.63. The van der Waals surface area contributed by atoms with Gasteiger partial charge in [0.2, 0.25) is 0 Å². The van der Waals surface area contributed by atoms with Gasteiger partial charge in [-0.2, -0.15) is 0 Å². The van der Waals surface area contributed by atoms with Crippen LogP contribution in [0.15, 0.2) is 18.2 Å². The highest BCUT2D eigenvalue weighted by atomic mass is 19.1. The molecule has 0 bridgehead atoms. The number of rotatable bonds is 8. The van der Waals surface area contributed by atoms with E-state index in [0.717, 1.165) is 25.6 Å². The average Bonchev–Trinajstić information content (AvgIpc) is 2.37. The molecule has 0 saturated heterocycles. The Bertz CT molecular complexity index is 452. The number of nitrogens with one attached hydrogen (secondary N) is 1. The molecular weight excluding hydrogens is 261 g/mol. The average molecular weight is 283 g/mol. The highest BCUT2D eigenvalue weighted by molar-refractivity contribution is 5.35. The fourth-order valence-corrected chi connectivity index (χ4v) is 1.79. The Morgan fingerprint density at radius 3 is 2.70 bits per heavy atom. The van der Waals surface area contributed by atoms with Crippen molar-refractivity contribution in [2.75, 3.05) is 20.1 Å². The van der Waals surface area contributed by atoms with Gasteiger partial charge in [0.05, 0.1) is 11.0 Å². The standard InChI is InChI=1S/C14H22FN3O2/c1-11(2)17(3)6-4-5-16-10-12-7-13(15)9-14(8-12)18(19)20/h7-9,11,16H,4-6,10H2,1-3H3. The zero-order valence-corrected chi connectivity index (χ0v) is 12.2. The Hall–Kier alpha value is -1.53. The number of hydrogen-bond acceptors (Lipinski definition) is 4. The third-order valence-electron chi connectivity index (χ3n) is 3.23. The van der Waals surface area contributed by atoms with Gasteiger partial charge in [-0.05, 0) is 52.0 Å². The maximum atomic E-state index is 13.2. The van der Waals surface area contributed by atoms with Crippen LogP contribution in [0.4, 0.5) is 10.1 Å². The fourth-order valence-electron chi connectivity index (χ4n) is 1.79. The summed E-state index contributed by atoms with van der Waals surface area (Å²) in [4.78, 5) is 12.3. The minimum absolute atomic E-state index is 0.207. The molecule has 1 aromatic rings. The molecule has 0 aliphatic heterocycles. The minimum atomic E-state index is -0.579. The molecule has 1 aromatic carbocycles. The lowest BCUT2D eigenvalue weighted by atomic mass is 10.2. The number of halogens is 1. The highest BCUT2D eigenvalue weighted by Crippen LogP contribution is 2.16. The van der Waals surface area contributed by atoms with E-state index >= 15 is 0 Å². The summed E-state index contributed by atoms with van der Waals surface area (Å²) in [5.74, 6) is -0.574. The van der Waals surface area contributed by atoms with Gasteiger partial charge in [0, 0.05) is 18.7 Å². The van der Waals surface area contributed by atoms with Gasteiger partial charge >= 0.3 is 0 Å². The molecule has 0 spiro atoms. The van der Waals surface area contributed by atoms with Gasteiger partial charge in [-0.15, -0.1) is 0 Å². The Balaban J connectivity index is 2.37. The number of nitro benzene ring substituents is 1. The van der Waals surface area contributed by atoms with E-state index in [2.05, 4.69) is 31.1 Å². The van der Waals surface area contributed by atoms with Crippen molar-refractivity contribution >= 4 is 5.69 Å². The van der Waals surface area contributed by atoms with Crippen molar-refractivity contribution in [2.45, 2.75) is 32.9 Å². The van der Waals surface area contributed by atoms with Crippen molar-refractivity contribution in [2.24, 2.45) is 0 Å². The van der Waals surface area contributed by atoms with Crippen LogP contribution >= 0.6 is 0 Å². The summed E-state index contributed by atoms with van der Waals surface area (Å²) in [5, 5.41) is 13.8. The number of nitrogens with zero attached hydrogens (tertiary/aromatic N) is 2. The van der Waals surface area contributed by atoms with E-state index in [9.17, 15) is 14.5 Å². The predicted octanol–water partition coefficient (Wildman–Crippen LogP) is 2.55. The smallest absolute Gasteiger partial charge is 0.272 e. The zero-order valence-electron chi connectivity index (χ0n) is 12.2. The van der Waals surface area contributed by atoms with Crippen LogP contribution in [0.2, 0.25) is 0 Å². The lowest BCUT2D eigenvalue weighted by Crippen LogP contribution is -2.29. The molecule has 0 unspecified atom stereocenters. The molecular formula is C14H22FN3O2. The van der Waals surface area contributed by atoms with Gasteiger partial charge < -0.3 is 10.2 Å². The third-order valence-corrected chi connectivity index (χ3v) is 3.23. The number of non-ortho nitro benzene ring substituents is 1. The Morgan fingerprint density at radius 2 is 2.10 bits per heavy atom. The van der Waals surface area contributed by atoms with Crippen LogP contribution in [-0.4, -0.2) is 36.0 Å². The Morgan fingerprint density at radius 1 is 1.40 bits per heavy atom. The molecule has 0 aliphatic carbocycles. The summed E-state index contributed by atoms with van der Waals surface area (Å²) in [6.07, 6.45) is 0.978. The Kier molecular flexibility index (Phi) is 6.54. The van der Waals surface area contributed by atoms with Crippen molar-refractivity contribution in [1.29, 1.82) is 0 Å². The summed E-state index contributed by atoms with van der Waals surface area (Å²) < 4.78 is 13.2. The number of hydrogen-bond donors (Lipinski definition) is 1. The molecule has 0 fully saturated rings. The summed E-state index contributed by atoms with van der Waals surface area (Å²) in [5.41, 5.74) is 0.384. The molecule has 0 heterocycles. The van der Waals surface area contributed by atoms with Crippen molar-refractivity contribution in [3.05, 3.63) is 39.7 Å². The number of nitro groups is 1. The van der Waals surface area contributed by atoms with Crippen molar-refractivity contribution in [1.82, 2.24) is 10.2 Å². The van der Waals surface area contributed by atoms with Gasteiger partial charge in [0.15, 0.2) is 0 Å². The summed E-state index contributed by atoms with van der Waals surface area (Å²) in [6, 6.07) is 4.17. The quantitative estimate of drug-likeness (QED) is 0.452. The summed E-state index contributed by atoms with van der Waals surface area (Å²) in [6.45, 7) is 6.48. The largest absolute Gasteiger partial charge is 0.313 e. The monoisotopic (exact) mass is 283 g/mol. The van der Waals surface area contributed by atoms with Crippen LogP contribution in [0.1, 0.15) is 25.8 Å². The molecule has 0 saturated carbocycles. The van der Waals surface area contributed by atoms with Crippen LogP contribution in [0, 0.1) is 15.9 Å². The number of benzene rings is 1. The molecule has 0 radical (unpaired) electrons. The molecule has 1 N–H and O–H groups in total. The molecule has 5 nitrogen and oxygen atoms in total. The minimum Gasteiger partial charge on any atom is -0.313 e. The van der Waals surface area contributed by atoms with Crippen molar-refractivity contribution in [3.63, 3.8) is 0 Å². The molecule has 1 rings (SSSR count). The normalized spacial score (nSPS) is 11.3. The predicted molar refractivity (Wildman–Crippen MR) is 77.1 cm³/mol. The SMILES string of the molecule is CC(C)N(C)CCCNCc1cc(F)cc([N+](=O)[O-])c1. The fraction of sp³-hybridized carbons (Fsp3) is 0.571. The van der Waals surface area contributed by atoms with E-state index in [1.807, 2.05) is 0 Å². The first-order valence-electron chi connectivity index (χ1n) is 6.75. The maximum Gasteiger partial charge on any atom is 0.272 e. The molecule has 20 heavy (non-hydrogen) atoms. The maximum absolute atomic E-state index is 13.2. The molecule has 6 heteroatoms. The molecule has 0 amide bonds. The van der Waals surface area contributed by atoms with E-state index in [-0.39, 0.29) is 5.69 Å². The van der Waals surface area contributed by atoms with E-state index < -0.39 is 10.7 Å². The first-order chi connectivity index (χ1) is 9.40. The summed E-state index contributed by atoms with van der Waals surface area (Å²) in [7, 11) is 2.07. The zero-order chi connectivity index (χ0) is 15.1. The summed E-state index contributed by atoms with van der Waals surface area (Å²) >= 11 is 0. The van der Waals surface area contributed by atoms with Gasteiger partial charge in [-0.25, -0.2) is 4.39 Å². The van der Waals surface area contributed by atoms with Gasteiger partial charge in [0.1, 0.15) is 5.82 Å². The van der Waals surface area contributed by atoms with E-state index in [1.54, 1.807) is 0 Å². The van der Waals surface area contributed by atoms with Gasteiger partial charge in [0.25, 0.3) is 5.69 Å². The second-order valence-corrected chi connectivity index (χ2v) is 5.18. The lowest BCUT2D eigenvalue weighted by Gasteiger charge is -2.20. The van der Waals surface area contributed by atoms with E-state index in [1.165, 1.54) is 12.1 Å². The molecule has 0 atom stereocenters. The Labute approximate surface area is 118 Å². The van der Waals surface area contributed by atoms with Gasteiger partial charge in [-0.1, -0.05) is 0 Å². The lowest BCUT2D eigenvalue weighted by molar-refractivity contribution is -0.385. The van der Waals surface area contributed by atoms with Crippen LogP contribution in [0.25, 0.3) is 0 Å². The van der Waals surface area contributed by atoms with Crippen LogP contribution in [0.5, 0.6) is 0 Å². The molecule has 112 valence electrons. The van der Waals surface area contributed by atoms with E-state index in [4.69, 9.17) is 0 Å². The highest BCUT2D eigenvalue weighted by Gasteiger charge is 2.09. The second kappa shape index (κ2) is 7.91. The second-order valence-electron chi connectivity index (χ2n) is 5.18. The van der Waals surface area contributed by atoms with Crippen molar-refractivity contribution < 1.29 is 9.31 Å². The van der Waals surface area contributed by atoms with Gasteiger partial charge in [-0.3, -0.25) is 10.1 Å². The van der Waals surface area contributed by atoms with Crippen molar-refractivity contribution in [3.8, 4) is 0 Å². The first kappa shape index (κ1) is 16.5. The van der Waals surface area contributed by atoms with Crippen LogP contribution < -0.4 is 5.32 Å². The molecule has 0 aromatic heterocycles. The van der Waals surface area contributed by atoms with E-state index in [0.29, 0.717) is 18.2 Å². The molecule has 0 aliphatic rings. The van der Waals surface area contributed by atoms with Crippen LogP contribution in [0.3, 0.4) is 0 Å². The first-order valence-corrected chi connectivity index (χ1v) is 6.75. The topological polar surface area (TPSA) is 58.4 Å². The van der Waals surface area contributed by atoms with Crippen LogP contribution in [-0.2, 0) is 6.54 Å².